The molecule has 2 heterocycles. The van der Waals surface area contributed by atoms with Gasteiger partial charge in [-0.2, -0.15) is 26.3 Å². The minimum atomic E-state index is -5.58. The fraction of sp³-hybridized carbons (Fsp3) is 0.360. The van der Waals surface area contributed by atoms with Crippen molar-refractivity contribution in [2.75, 3.05) is 0 Å². The number of rotatable bonds is 2. The Kier molecular flexibility index (Phi) is 5.71. The van der Waals surface area contributed by atoms with E-state index >= 15 is 17.6 Å². The molecule has 0 N–H and O–H groups in total. The van der Waals surface area contributed by atoms with Gasteiger partial charge in [-0.3, -0.25) is 0 Å². The Morgan fingerprint density at radius 1 is 0.765 bits per heavy atom. The van der Waals surface area contributed by atoms with E-state index in [1.165, 1.54) is 26.8 Å². The van der Waals surface area contributed by atoms with Crippen LogP contribution < -0.4 is 0 Å². The van der Waals surface area contributed by atoms with E-state index in [1.54, 1.807) is 18.2 Å². The average Bonchev–Trinajstić information content (AvgIpc) is 3.21. The fourth-order valence-electron chi connectivity index (χ4n) is 4.25. The van der Waals surface area contributed by atoms with E-state index in [4.69, 9.17) is 0 Å². The van der Waals surface area contributed by atoms with Gasteiger partial charge >= 0.3 is 17.8 Å². The molecule has 9 heteroatoms. The zero-order valence-electron chi connectivity index (χ0n) is 19.4. The van der Waals surface area contributed by atoms with E-state index in [1.807, 2.05) is 19.6 Å². The van der Waals surface area contributed by atoms with Gasteiger partial charge in [0.05, 0.1) is 4.88 Å². The van der Waals surface area contributed by atoms with Crippen LogP contribution in [0.3, 0.4) is 0 Å². The monoisotopic (exact) mass is 528 g/mol. The Hall–Kier alpha value is -2.02. The highest BCUT2D eigenvalue weighted by atomic mass is 32.1. The molecule has 180 valence electrons. The zero-order chi connectivity index (χ0) is 25.4. The van der Waals surface area contributed by atoms with Crippen LogP contribution in [-0.2, 0) is 0 Å². The molecule has 1 aromatic carbocycles. The smallest absolute Gasteiger partial charge is 0.194 e. The third-order valence-electron chi connectivity index (χ3n) is 5.81. The van der Waals surface area contributed by atoms with Crippen molar-refractivity contribution in [2.45, 2.75) is 58.2 Å². The molecule has 0 fully saturated rings. The molecule has 0 spiro atoms. The van der Waals surface area contributed by atoms with E-state index in [-0.39, 0.29) is 31.8 Å². The number of aryl methyl sites for hydroxylation is 2. The summed E-state index contributed by atoms with van der Waals surface area (Å²) in [6, 6.07) is 6.42. The van der Waals surface area contributed by atoms with Crippen LogP contribution in [0.2, 0.25) is 19.6 Å². The zero-order valence-corrected chi connectivity index (χ0v) is 22.0. The molecule has 0 saturated heterocycles. The summed E-state index contributed by atoms with van der Waals surface area (Å²) in [7, 11) is -1.83. The van der Waals surface area contributed by atoms with Crippen LogP contribution in [0.5, 0.6) is 0 Å². The van der Waals surface area contributed by atoms with Crippen LogP contribution in [0, 0.1) is 32.2 Å². The van der Waals surface area contributed by atoms with Gasteiger partial charge in [-0.1, -0.05) is 43.8 Å². The van der Waals surface area contributed by atoms with Crippen molar-refractivity contribution < 1.29 is 26.3 Å². The number of allylic oxidation sites excluding steroid dienone is 2. The highest BCUT2D eigenvalue weighted by Crippen LogP contribution is 2.66. The molecule has 0 atom stereocenters. The molecule has 2 aromatic heterocycles. The van der Waals surface area contributed by atoms with E-state index in [0.29, 0.717) is 9.58 Å². The summed E-state index contributed by atoms with van der Waals surface area (Å²) < 4.78 is 91.7. The Morgan fingerprint density at radius 3 is 1.88 bits per heavy atom. The van der Waals surface area contributed by atoms with Crippen molar-refractivity contribution in [3.8, 4) is 11.5 Å². The summed E-state index contributed by atoms with van der Waals surface area (Å²) in [5.74, 6) is -12.7. The first kappa shape index (κ1) is 25.1. The third-order valence-corrected chi connectivity index (χ3v) is 8.90. The van der Waals surface area contributed by atoms with Crippen molar-refractivity contribution in [3.63, 3.8) is 0 Å². The number of halogens is 6. The first-order valence-corrected chi connectivity index (χ1v) is 15.7. The normalized spacial score (nSPS) is 18.9. The van der Waals surface area contributed by atoms with Gasteiger partial charge in [0.25, 0.3) is 0 Å². The molecular weight excluding hydrogens is 506 g/mol. The number of hydrogen-bond acceptors (Lipinski definition) is 2. The molecule has 34 heavy (non-hydrogen) atoms. The van der Waals surface area contributed by atoms with Gasteiger partial charge in [0.2, 0.25) is 0 Å². The SMILES string of the molecule is Cc1sc(C#C[Si](C)(C)C)c(C)c1C1=C(c2c(C)sc3ccccc23)C(F)(F)C(F)(F)C1(F)F. The Balaban J connectivity index is 2.14. The fourth-order valence-corrected chi connectivity index (χ4v) is 6.93. The lowest BCUT2D eigenvalue weighted by atomic mass is 9.91. The molecule has 3 aromatic rings. The molecule has 0 aliphatic heterocycles. The molecule has 0 radical (unpaired) electrons. The summed E-state index contributed by atoms with van der Waals surface area (Å²) in [5, 5.41) is 0.259. The first-order chi connectivity index (χ1) is 15.5. The molecule has 0 nitrogen and oxygen atoms in total. The second-order valence-corrected chi connectivity index (χ2v) is 16.7. The van der Waals surface area contributed by atoms with Crippen LogP contribution in [-0.4, -0.2) is 25.8 Å². The Labute approximate surface area is 203 Å². The standard InChI is InChI=1S/C25H22F6S2Si/c1-13-17(11-12-34(4,5)6)32-14(2)19(13)21-22(24(28,29)25(30,31)23(21,26)27)20-15(3)33-18-10-8-7-9-16(18)20/h7-10H,1-6H3. The van der Waals surface area contributed by atoms with Gasteiger partial charge in [0.15, 0.2) is 0 Å². The number of hydrogen-bond donors (Lipinski definition) is 0. The highest BCUT2D eigenvalue weighted by Gasteiger charge is 2.80. The van der Waals surface area contributed by atoms with Crippen molar-refractivity contribution in [2.24, 2.45) is 0 Å². The Bertz CT molecular complexity index is 1410. The number of alkyl halides is 6. The number of fused-ring (bicyclic) bond motifs is 1. The average molecular weight is 529 g/mol. The molecule has 1 aliphatic carbocycles. The van der Waals surface area contributed by atoms with Gasteiger partial charge in [0, 0.05) is 42.1 Å². The predicted molar refractivity (Wildman–Crippen MR) is 132 cm³/mol. The van der Waals surface area contributed by atoms with Gasteiger partial charge in [-0.15, -0.1) is 28.2 Å². The highest BCUT2D eigenvalue weighted by molar-refractivity contribution is 7.19. The maximum atomic E-state index is 15.4. The first-order valence-electron chi connectivity index (χ1n) is 10.5. The molecular formula is C25H22F6S2Si. The molecule has 0 bridgehead atoms. The number of benzene rings is 1. The minimum Gasteiger partial charge on any atom is -0.194 e. The largest absolute Gasteiger partial charge is 0.380 e. The summed E-state index contributed by atoms with van der Waals surface area (Å²) >= 11 is 2.19. The second-order valence-electron chi connectivity index (χ2n) is 9.49. The summed E-state index contributed by atoms with van der Waals surface area (Å²) in [6.45, 7) is 10.5. The molecule has 1 aliphatic rings. The maximum Gasteiger partial charge on any atom is 0.380 e. The molecule has 4 rings (SSSR count). The van der Waals surface area contributed by atoms with E-state index in [9.17, 15) is 8.78 Å². The lowest BCUT2D eigenvalue weighted by Crippen LogP contribution is -2.49. The van der Waals surface area contributed by atoms with Crippen LogP contribution in [0.4, 0.5) is 26.3 Å². The lowest BCUT2D eigenvalue weighted by Gasteiger charge is -2.26. The van der Waals surface area contributed by atoms with Crippen LogP contribution in [0.15, 0.2) is 24.3 Å². The van der Waals surface area contributed by atoms with E-state index in [0.717, 1.165) is 22.7 Å². The maximum absolute atomic E-state index is 15.4. The minimum absolute atomic E-state index is 0.228. The Morgan fingerprint density at radius 2 is 1.29 bits per heavy atom. The topological polar surface area (TPSA) is 0 Å². The van der Waals surface area contributed by atoms with Gasteiger partial charge in [-0.25, -0.2) is 0 Å². The molecule has 0 amide bonds. The molecule has 0 unspecified atom stereocenters. The van der Waals surface area contributed by atoms with Gasteiger partial charge in [0.1, 0.15) is 8.07 Å². The molecule has 0 saturated carbocycles. The summed E-state index contributed by atoms with van der Waals surface area (Å²) in [4.78, 5) is 0.976. The predicted octanol–water partition coefficient (Wildman–Crippen LogP) is 8.95. The van der Waals surface area contributed by atoms with Gasteiger partial charge < -0.3 is 0 Å². The van der Waals surface area contributed by atoms with Crippen molar-refractivity contribution in [1.29, 1.82) is 0 Å². The third kappa shape index (κ3) is 3.49. The van der Waals surface area contributed by atoms with Crippen molar-refractivity contribution >= 4 is 52.0 Å². The van der Waals surface area contributed by atoms with Crippen molar-refractivity contribution in [1.82, 2.24) is 0 Å². The van der Waals surface area contributed by atoms with E-state index in [2.05, 4.69) is 11.5 Å². The summed E-state index contributed by atoms with van der Waals surface area (Å²) in [5.41, 5.74) is 0.296. The quantitative estimate of drug-likeness (QED) is 0.177. The van der Waals surface area contributed by atoms with Crippen LogP contribution >= 0.6 is 22.7 Å². The summed E-state index contributed by atoms with van der Waals surface area (Å²) in [6.07, 6.45) is 0. The van der Waals surface area contributed by atoms with E-state index < -0.39 is 37.0 Å². The lowest BCUT2D eigenvalue weighted by molar-refractivity contribution is -0.254. The number of thiophene rings is 2. The van der Waals surface area contributed by atoms with Crippen LogP contribution in [0.25, 0.3) is 21.2 Å². The van der Waals surface area contributed by atoms with Crippen LogP contribution in [0.1, 0.15) is 31.3 Å². The van der Waals surface area contributed by atoms with Crippen molar-refractivity contribution in [3.05, 3.63) is 55.6 Å². The second kappa shape index (κ2) is 7.74. The van der Waals surface area contributed by atoms with Gasteiger partial charge in [-0.05, 0) is 32.4 Å².